The molecule has 0 spiro atoms. The molecular formula is C11H19N3O2S. The van der Waals surface area contributed by atoms with Crippen LogP contribution in [0.1, 0.15) is 18.5 Å². The molecular weight excluding hydrogens is 238 g/mol. The Morgan fingerprint density at radius 1 is 1.29 bits per heavy atom. The van der Waals surface area contributed by atoms with Crippen LogP contribution in [0.5, 0.6) is 0 Å². The van der Waals surface area contributed by atoms with E-state index in [4.69, 9.17) is 0 Å². The number of nitrogens with one attached hydrogen (secondary N) is 2. The highest BCUT2D eigenvalue weighted by Gasteiger charge is 2.09. The minimum absolute atomic E-state index is 0.168. The molecule has 0 aliphatic heterocycles. The molecule has 96 valence electrons. The maximum atomic E-state index is 11.6. The average molecular weight is 257 g/mol. The van der Waals surface area contributed by atoms with Crippen molar-refractivity contribution in [2.45, 2.75) is 19.4 Å². The van der Waals surface area contributed by atoms with Crippen molar-refractivity contribution in [1.29, 1.82) is 0 Å². The van der Waals surface area contributed by atoms with Crippen LogP contribution in [0.15, 0.2) is 24.4 Å². The first kappa shape index (κ1) is 14.1. The van der Waals surface area contributed by atoms with Gasteiger partial charge >= 0.3 is 0 Å². The zero-order valence-corrected chi connectivity index (χ0v) is 10.8. The third kappa shape index (κ3) is 6.35. The number of unbranched alkanes of at least 4 members (excludes halogenated alkanes) is 1. The molecule has 0 radical (unpaired) electrons. The Kier molecular flexibility index (Phi) is 6.10. The first-order chi connectivity index (χ1) is 8.14. The van der Waals surface area contributed by atoms with Gasteiger partial charge in [0.15, 0.2) is 0 Å². The van der Waals surface area contributed by atoms with E-state index in [1.165, 1.54) is 0 Å². The second-order valence-electron chi connectivity index (χ2n) is 3.77. The maximum absolute atomic E-state index is 11.6. The largest absolute Gasteiger partial charge is 0.320 e. The van der Waals surface area contributed by atoms with Crippen molar-refractivity contribution in [2.75, 3.05) is 19.3 Å². The van der Waals surface area contributed by atoms with Gasteiger partial charge in [-0.1, -0.05) is 6.07 Å². The zero-order chi connectivity index (χ0) is 12.6. The van der Waals surface area contributed by atoms with Gasteiger partial charge in [-0.3, -0.25) is 4.98 Å². The summed E-state index contributed by atoms with van der Waals surface area (Å²) in [5.41, 5.74) is 0.728. The molecule has 2 N–H and O–H groups in total. The monoisotopic (exact) mass is 257 g/mol. The van der Waals surface area contributed by atoms with E-state index in [0.717, 1.165) is 18.7 Å². The fourth-order valence-corrected chi connectivity index (χ4v) is 2.45. The molecule has 0 saturated heterocycles. The SMILES string of the molecule is CNCCCCS(=O)(=O)NCc1ccccn1. The third-order valence-corrected chi connectivity index (χ3v) is 3.70. The molecule has 1 aromatic rings. The predicted molar refractivity (Wildman–Crippen MR) is 68.0 cm³/mol. The fourth-order valence-electron chi connectivity index (χ4n) is 1.35. The molecule has 0 unspecified atom stereocenters. The van der Waals surface area contributed by atoms with Crippen LogP contribution in [0.2, 0.25) is 0 Å². The van der Waals surface area contributed by atoms with E-state index in [1.54, 1.807) is 18.3 Å². The highest BCUT2D eigenvalue weighted by molar-refractivity contribution is 7.89. The summed E-state index contributed by atoms with van der Waals surface area (Å²) in [6.07, 6.45) is 3.18. The molecule has 6 heteroatoms. The van der Waals surface area contributed by atoms with Crippen molar-refractivity contribution >= 4 is 10.0 Å². The zero-order valence-electron chi connectivity index (χ0n) is 10.0. The molecule has 0 aliphatic carbocycles. The van der Waals surface area contributed by atoms with Gasteiger partial charge in [0, 0.05) is 6.20 Å². The van der Waals surface area contributed by atoms with E-state index >= 15 is 0 Å². The topological polar surface area (TPSA) is 71.1 Å². The summed E-state index contributed by atoms with van der Waals surface area (Å²) in [6, 6.07) is 5.43. The Hall–Kier alpha value is -0.980. The number of pyridine rings is 1. The number of aromatic nitrogens is 1. The number of nitrogens with zero attached hydrogens (tertiary/aromatic N) is 1. The fraction of sp³-hybridized carbons (Fsp3) is 0.545. The van der Waals surface area contributed by atoms with Gasteiger partial charge in [-0.2, -0.15) is 0 Å². The molecule has 0 bridgehead atoms. The summed E-state index contributed by atoms with van der Waals surface area (Å²) >= 11 is 0. The molecule has 0 aliphatic rings. The summed E-state index contributed by atoms with van der Waals surface area (Å²) < 4.78 is 25.8. The first-order valence-corrected chi connectivity index (χ1v) is 7.31. The lowest BCUT2D eigenvalue weighted by Crippen LogP contribution is -2.26. The Bertz CT molecular complexity index is 406. The van der Waals surface area contributed by atoms with E-state index in [1.807, 2.05) is 13.1 Å². The minimum atomic E-state index is -3.18. The standard InChI is InChI=1S/C11H19N3O2S/c1-12-7-4-5-9-17(15,16)14-10-11-6-2-3-8-13-11/h2-3,6,8,12,14H,4-5,7,9-10H2,1H3. The van der Waals surface area contributed by atoms with Gasteiger partial charge in [-0.15, -0.1) is 0 Å². The molecule has 1 rings (SSSR count). The van der Waals surface area contributed by atoms with Gasteiger partial charge < -0.3 is 5.32 Å². The van der Waals surface area contributed by atoms with Crippen molar-refractivity contribution in [3.05, 3.63) is 30.1 Å². The van der Waals surface area contributed by atoms with Crippen molar-refractivity contribution < 1.29 is 8.42 Å². The lowest BCUT2D eigenvalue weighted by molar-refractivity contribution is 0.574. The molecule has 0 fully saturated rings. The van der Waals surface area contributed by atoms with Gasteiger partial charge in [0.05, 0.1) is 18.0 Å². The number of rotatable bonds is 8. The molecule has 0 atom stereocenters. The average Bonchev–Trinajstić information content (AvgIpc) is 2.34. The van der Waals surface area contributed by atoms with E-state index in [-0.39, 0.29) is 12.3 Å². The van der Waals surface area contributed by atoms with Gasteiger partial charge in [0.25, 0.3) is 0 Å². The number of sulfonamides is 1. The normalized spacial score (nSPS) is 11.6. The van der Waals surface area contributed by atoms with Crippen LogP contribution < -0.4 is 10.0 Å². The van der Waals surface area contributed by atoms with Crippen LogP contribution in [0.4, 0.5) is 0 Å². The van der Waals surface area contributed by atoms with Gasteiger partial charge in [0.2, 0.25) is 10.0 Å². The van der Waals surface area contributed by atoms with E-state index in [0.29, 0.717) is 6.42 Å². The second kappa shape index (κ2) is 7.37. The van der Waals surface area contributed by atoms with Crippen LogP contribution in [-0.4, -0.2) is 32.7 Å². The third-order valence-electron chi connectivity index (χ3n) is 2.29. The molecule has 0 saturated carbocycles. The summed E-state index contributed by atoms with van der Waals surface area (Å²) in [6.45, 7) is 1.10. The summed E-state index contributed by atoms with van der Waals surface area (Å²) in [4.78, 5) is 4.05. The lowest BCUT2D eigenvalue weighted by atomic mass is 10.3. The van der Waals surface area contributed by atoms with Crippen molar-refractivity contribution in [3.8, 4) is 0 Å². The number of hydrogen-bond donors (Lipinski definition) is 2. The first-order valence-electron chi connectivity index (χ1n) is 5.66. The van der Waals surface area contributed by atoms with E-state index in [9.17, 15) is 8.42 Å². The summed E-state index contributed by atoms with van der Waals surface area (Å²) in [5.74, 6) is 0.168. The van der Waals surface area contributed by atoms with Gasteiger partial charge in [-0.25, -0.2) is 13.1 Å². The summed E-state index contributed by atoms with van der Waals surface area (Å²) in [7, 11) is -1.32. The van der Waals surface area contributed by atoms with Gasteiger partial charge in [-0.05, 0) is 38.6 Å². The summed E-state index contributed by atoms with van der Waals surface area (Å²) in [5, 5.41) is 2.99. The molecule has 0 amide bonds. The predicted octanol–water partition coefficient (Wildman–Crippen LogP) is 0.501. The molecule has 5 nitrogen and oxygen atoms in total. The number of hydrogen-bond acceptors (Lipinski definition) is 4. The van der Waals surface area contributed by atoms with Crippen LogP contribution in [-0.2, 0) is 16.6 Å². The van der Waals surface area contributed by atoms with Crippen LogP contribution in [0.3, 0.4) is 0 Å². The highest BCUT2D eigenvalue weighted by atomic mass is 32.2. The van der Waals surface area contributed by atoms with Crippen LogP contribution in [0.25, 0.3) is 0 Å². The Balaban J connectivity index is 2.30. The Morgan fingerprint density at radius 3 is 2.76 bits per heavy atom. The van der Waals surface area contributed by atoms with Crippen molar-refractivity contribution in [1.82, 2.24) is 15.0 Å². The molecule has 17 heavy (non-hydrogen) atoms. The lowest BCUT2D eigenvalue weighted by Gasteiger charge is -2.06. The van der Waals surface area contributed by atoms with Crippen LogP contribution in [0, 0.1) is 0 Å². The maximum Gasteiger partial charge on any atom is 0.211 e. The smallest absolute Gasteiger partial charge is 0.211 e. The Labute approximate surface area is 103 Å². The van der Waals surface area contributed by atoms with Crippen molar-refractivity contribution in [3.63, 3.8) is 0 Å². The highest BCUT2D eigenvalue weighted by Crippen LogP contribution is 1.97. The molecule has 1 heterocycles. The molecule has 1 aromatic heterocycles. The van der Waals surface area contributed by atoms with Crippen LogP contribution >= 0.6 is 0 Å². The van der Waals surface area contributed by atoms with Crippen molar-refractivity contribution in [2.24, 2.45) is 0 Å². The Morgan fingerprint density at radius 2 is 2.12 bits per heavy atom. The minimum Gasteiger partial charge on any atom is -0.320 e. The second-order valence-corrected chi connectivity index (χ2v) is 5.70. The molecule has 0 aromatic carbocycles. The van der Waals surface area contributed by atoms with E-state index in [2.05, 4.69) is 15.0 Å². The van der Waals surface area contributed by atoms with E-state index < -0.39 is 10.0 Å². The quantitative estimate of drug-likeness (QED) is 0.665. The van der Waals surface area contributed by atoms with Gasteiger partial charge in [0.1, 0.15) is 0 Å².